The quantitative estimate of drug-likeness (QED) is 0.216. The van der Waals surface area contributed by atoms with Gasteiger partial charge in [-0.2, -0.15) is 17.6 Å². The largest absolute Gasteiger partial charge is 0.456 e. The summed E-state index contributed by atoms with van der Waals surface area (Å²) in [6.45, 7) is -1.28. The molecule has 0 atom stereocenters. The Hall–Kier alpha value is -3.53. The van der Waals surface area contributed by atoms with Gasteiger partial charge in [-0.15, -0.1) is 0 Å². The highest BCUT2D eigenvalue weighted by Crippen LogP contribution is 2.38. The number of nitrogens with zero attached hydrogens (tertiary/aromatic N) is 2. The molecule has 6 nitrogen and oxygen atoms in total. The lowest BCUT2D eigenvalue weighted by molar-refractivity contribution is -0.0692. The molecule has 1 heterocycles. The van der Waals surface area contributed by atoms with Gasteiger partial charge in [0.2, 0.25) is 0 Å². The highest BCUT2D eigenvalue weighted by atomic mass is 35.5. The Morgan fingerprint density at radius 2 is 1.61 bits per heavy atom. The summed E-state index contributed by atoms with van der Waals surface area (Å²) in [6.07, 6.45) is 1.53. The van der Waals surface area contributed by atoms with Crippen molar-refractivity contribution in [2.24, 2.45) is 0 Å². The minimum Gasteiger partial charge on any atom is -0.456 e. The van der Waals surface area contributed by atoms with E-state index < -0.39 is 36.3 Å². The van der Waals surface area contributed by atoms with E-state index in [1.54, 1.807) is 62.1 Å². The van der Waals surface area contributed by atoms with Gasteiger partial charge in [-0.3, -0.25) is 4.98 Å². The van der Waals surface area contributed by atoms with Crippen LogP contribution in [-0.4, -0.2) is 29.8 Å². The van der Waals surface area contributed by atoms with Crippen LogP contribution in [0, 0.1) is 0 Å². The summed E-state index contributed by atoms with van der Waals surface area (Å²) in [5, 5.41) is 0.340. The molecule has 11 heteroatoms. The summed E-state index contributed by atoms with van der Waals surface area (Å²) in [6, 6.07) is 13.3. The lowest BCUT2D eigenvalue weighted by Gasteiger charge is -2.27. The van der Waals surface area contributed by atoms with Crippen molar-refractivity contribution in [1.82, 2.24) is 4.98 Å². The lowest BCUT2D eigenvalue weighted by Crippen LogP contribution is -2.24. The van der Waals surface area contributed by atoms with E-state index in [0.717, 1.165) is 12.1 Å². The van der Waals surface area contributed by atoms with E-state index in [1.165, 1.54) is 12.3 Å². The van der Waals surface area contributed by atoms with Crippen molar-refractivity contribution in [1.29, 1.82) is 0 Å². The van der Waals surface area contributed by atoms with Gasteiger partial charge in [0, 0.05) is 23.6 Å². The van der Waals surface area contributed by atoms with Gasteiger partial charge < -0.3 is 19.1 Å². The summed E-state index contributed by atoms with van der Waals surface area (Å²) in [5.74, 6) is -1.72. The number of ether oxygens (including phenoxy) is 3. The van der Waals surface area contributed by atoms with Crippen LogP contribution in [0.4, 0.5) is 28.9 Å². The summed E-state index contributed by atoms with van der Waals surface area (Å²) in [5.41, 5.74) is 0.657. The van der Waals surface area contributed by atoms with Crippen molar-refractivity contribution >= 4 is 28.9 Å². The molecular weight excluding hydrogens is 504 g/mol. The molecule has 0 aliphatic rings. The van der Waals surface area contributed by atoms with Gasteiger partial charge in [-0.25, -0.2) is 4.79 Å². The molecule has 0 radical (unpaired) electrons. The zero-order valence-electron chi connectivity index (χ0n) is 19.6. The Kier molecular flexibility index (Phi) is 8.62. The number of hydrogen-bond donors (Lipinski definition) is 0. The summed E-state index contributed by atoms with van der Waals surface area (Å²) in [7, 11) is 0. The van der Waals surface area contributed by atoms with Gasteiger partial charge >= 0.3 is 19.2 Å². The predicted octanol–water partition coefficient (Wildman–Crippen LogP) is 7.23. The monoisotopic (exact) mass is 526 g/mol. The second kappa shape index (κ2) is 11.5. The molecule has 2 aromatic carbocycles. The van der Waals surface area contributed by atoms with Gasteiger partial charge in [-0.05, 0) is 63.2 Å². The molecule has 0 spiro atoms. The smallest absolute Gasteiger partial charge is 0.387 e. The average Bonchev–Trinajstić information content (AvgIpc) is 2.78. The van der Waals surface area contributed by atoms with E-state index in [1.807, 2.05) is 0 Å². The molecular formula is C25H23ClF4N2O4. The minimum atomic E-state index is -3.28. The van der Waals surface area contributed by atoms with E-state index >= 15 is 0 Å². The maximum Gasteiger partial charge on any atom is 0.387 e. The molecule has 0 saturated heterocycles. The normalized spacial score (nSPS) is 11.5. The number of anilines is 2. The van der Waals surface area contributed by atoms with Gasteiger partial charge in [0.05, 0.1) is 22.8 Å². The summed E-state index contributed by atoms with van der Waals surface area (Å²) in [4.78, 5) is 18.5. The van der Waals surface area contributed by atoms with E-state index in [9.17, 15) is 22.4 Å². The van der Waals surface area contributed by atoms with Gasteiger partial charge in [0.15, 0.2) is 11.5 Å². The van der Waals surface area contributed by atoms with Crippen LogP contribution in [0.1, 0.15) is 36.8 Å². The summed E-state index contributed by atoms with van der Waals surface area (Å²) >= 11 is 6.29. The molecule has 0 N–H and O–H groups in total. The molecule has 0 amide bonds. The number of carbonyl (C=O) groups excluding carboxylic acids is 1. The maximum atomic E-state index is 13.0. The number of hydrogen-bond acceptors (Lipinski definition) is 6. The first-order valence-corrected chi connectivity index (χ1v) is 11.0. The molecule has 0 unspecified atom stereocenters. The standard InChI is InChI=1S/C25H23ClF4N2O4/c1-25(2,3)36-22(33)15-6-4-7-16(12-15)32(14-19-18(26)8-5-11-31-19)17-9-10-20(34-23(27)28)21(13-17)35-24(29)30/h4-13,23-24H,14H2,1-3H3. The van der Waals surface area contributed by atoms with Crippen molar-refractivity contribution in [3.8, 4) is 11.5 Å². The first-order valence-electron chi connectivity index (χ1n) is 10.7. The Morgan fingerprint density at radius 3 is 2.25 bits per heavy atom. The third kappa shape index (κ3) is 7.48. The number of aromatic nitrogens is 1. The van der Waals surface area contributed by atoms with Crippen LogP contribution in [0.5, 0.6) is 11.5 Å². The fourth-order valence-corrected chi connectivity index (χ4v) is 3.38. The highest BCUT2D eigenvalue weighted by molar-refractivity contribution is 6.31. The SMILES string of the molecule is CC(C)(C)OC(=O)c1cccc(N(Cc2ncccc2Cl)c2ccc(OC(F)F)c(OC(F)F)c2)c1. The van der Waals surface area contributed by atoms with E-state index in [4.69, 9.17) is 16.3 Å². The minimum absolute atomic E-state index is 0.0423. The number of carbonyl (C=O) groups is 1. The molecule has 3 aromatic rings. The third-order valence-corrected chi connectivity index (χ3v) is 4.95. The molecule has 0 fully saturated rings. The molecule has 0 aliphatic heterocycles. The number of esters is 1. The Balaban J connectivity index is 2.09. The van der Waals surface area contributed by atoms with Crippen LogP contribution in [0.25, 0.3) is 0 Å². The second-order valence-electron chi connectivity index (χ2n) is 8.46. The van der Waals surface area contributed by atoms with Gasteiger partial charge in [0.1, 0.15) is 5.60 Å². The second-order valence-corrected chi connectivity index (χ2v) is 8.87. The highest BCUT2D eigenvalue weighted by Gasteiger charge is 2.22. The number of benzene rings is 2. The topological polar surface area (TPSA) is 60.9 Å². The van der Waals surface area contributed by atoms with Crippen molar-refractivity contribution in [3.63, 3.8) is 0 Å². The van der Waals surface area contributed by atoms with Crippen molar-refractivity contribution in [3.05, 3.63) is 77.1 Å². The van der Waals surface area contributed by atoms with Gasteiger partial charge in [-0.1, -0.05) is 17.7 Å². The Bertz CT molecular complexity index is 1200. The average molecular weight is 527 g/mol. The first kappa shape index (κ1) is 27.1. The Morgan fingerprint density at radius 1 is 0.944 bits per heavy atom. The molecule has 3 rings (SSSR count). The predicted molar refractivity (Wildman–Crippen MR) is 126 cm³/mol. The molecule has 192 valence electrons. The van der Waals surface area contributed by atoms with Crippen LogP contribution < -0.4 is 14.4 Å². The van der Waals surface area contributed by atoms with Gasteiger partial charge in [0.25, 0.3) is 0 Å². The van der Waals surface area contributed by atoms with Crippen LogP contribution in [0.2, 0.25) is 5.02 Å². The Labute approximate surface area is 210 Å². The van der Waals surface area contributed by atoms with Crippen molar-refractivity contribution < 1.29 is 36.6 Å². The van der Waals surface area contributed by atoms with E-state index in [0.29, 0.717) is 16.4 Å². The van der Waals surface area contributed by atoms with Crippen LogP contribution >= 0.6 is 11.6 Å². The molecule has 1 aromatic heterocycles. The fraction of sp³-hybridized carbons (Fsp3) is 0.280. The first-order chi connectivity index (χ1) is 16.9. The zero-order chi connectivity index (χ0) is 26.5. The molecule has 36 heavy (non-hydrogen) atoms. The third-order valence-electron chi connectivity index (χ3n) is 4.61. The molecule has 0 bridgehead atoms. The van der Waals surface area contributed by atoms with Crippen molar-refractivity contribution in [2.45, 2.75) is 46.1 Å². The van der Waals surface area contributed by atoms with E-state index in [-0.39, 0.29) is 17.8 Å². The number of rotatable bonds is 9. The van der Waals surface area contributed by atoms with Crippen LogP contribution in [-0.2, 0) is 11.3 Å². The molecule has 0 aliphatic carbocycles. The maximum absolute atomic E-state index is 13.0. The fourth-order valence-electron chi connectivity index (χ4n) is 3.20. The van der Waals surface area contributed by atoms with Crippen molar-refractivity contribution in [2.75, 3.05) is 4.90 Å². The van der Waals surface area contributed by atoms with Crippen LogP contribution in [0.15, 0.2) is 60.8 Å². The summed E-state index contributed by atoms with van der Waals surface area (Å²) < 4.78 is 65.8. The lowest BCUT2D eigenvalue weighted by atomic mass is 10.1. The van der Waals surface area contributed by atoms with E-state index in [2.05, 4.69) is 14.5 Å². The zero-order valence-corrected chi connectivity index (χ0v) is 20.3. The number of alkyl halides is 4. The number of pyridine rings is 1. The number of halogens is 5. The van der Waals surface area contributed by atoms with Crippen LogP contribution in [0.3, 0.4) is 0 Å². The molecule has 0 saturated carbocycles.